The van der Waals surface area contributed by atoms with Crippen LogP contribution in [0.4, 0.5) is 17.3 Å². The maximum atomic E-state index is 12.4. The Hall–Kier alpha value is -2.79. The van der Waals surface area contributed by atoms with Gasteiger partial charge in [0.15, 0.2) is 0 Å². The minimum absolute atomic E-state index is 0.0348. The molecule has 2 aromatic rings. The molecule has 10 nitrogen and oxygen atoms in total. The molecule has 2 heterocycles. The molecule has 11 heteroatoms. The zero-order chi connectivity index (χ0) is 20.3. The number of benzene rings is 1. The van der Waals surface area contributed by atoms with Crippen molar-refractivity contribution in [1.82, 2.24) is 14.8 Å². The number of nitrogens with one attached hydrogen (secondary N) is 2. The number of piperidine rings is 1. The summed E-state index contributed by atoms with van der Waals surface area (Å²) >= 11 is 0. The number of nitrogens with zero attached hydrogens (tertiary/aromatic N) is 4. The van der Waals surface area contributed by atoms with Crippen molar-refractivity contribution in [3.8, 4) is 0 Å². The van der Waals surface area contributed by atoms with Crippen molar-refractivity contribution in [2.75, 3.05) is 23.4 Å². The van der Waals surface area contributed by atoms with Crippen LogP contribution in [0.3, 0.4) is 0 Å². The summed E-state index contributed by atoms with van der Waals surface area (Å²) in [6.45, 7) is 5.27. The average Bonchev–Trinajstić information content (AvgIpc) is 2.67. The lowest BCUT2D eigenvalue weighted by Gasteiger charge is -2.30. The highest BCUT2D eigenvalue weighted by atomic mass is 32.2. The Kier molecular flexibility index (Phi) is 5.75. The van der Waals surface area contributed by atoms with Gasteiger partial charge in [-0.25, -0.2) is 18.4 Å². The predicted molar refractivity (Wildman–Crippen MR) is 104 cm³/mol. The van der Waals surface area contributed by atoms with E-state index in [0.717, 1.165) is 18.4 Å². The van der Waals surface area contributed by atoms with Crippen LogP contribution in [-0.2, 0) is 10.0 Å². The molecule has 1 aliphatic rings. The molecule has 0 bridgehead atoms. The number of hydrazine groups is 1. The lowest BCUT2D eigenvalue weighted by atomic mass is 9.99. The third kappa shape index (κ3) is 4.37. The van der Waals surface area contributed by atoms with E-state index in [2.05, 4.69) is 27.1 Å². The Balaban J connectivity index is 1.85. The smallest absolute Gasteiger partial charge is 0.351 e. The normalized spacial score (nSPS) is 15.4. The van der Waals surface area contributed by atoms with Gasteiger partial charge in [-0.2, -0.15) is 0 Å². The number of aryl methyl sites for hydroxylation is 1. The van der Waals surface area contributed by atoms with Crippen molar-refractivity contribution in [2.24, 2.45) is 5.92 Å². The molecule has 28 heavy (non-hydrogen) atoms. The molecule has 1 aliphatic heterocycles. The van der Waals surface area contributed by atoms with Crippen LogP contribution in [0, 0.1) is 23.0 Å². The minimum Gasteiger partial charge on any atom is -0.351 e. The van der Waals surface area contributed by atoms with Gasteiger partial charge in [-0.1, -0.05) is 24.6 Å². The minimum atomic E-state index is -3.92. The molecule has 0 amide bonds. The van der Waals surface area contributed by atoms with E-state index in [1.165, 1.54) is 18.5 Å². The first kappa shape index (κ1) is 20.0. The molecule has 0 atom stereocenters. The molecule has 0 saturated carbocycles. The molecule has 0 aliphatic carbocycles. The largest absolute Gasteiger partial charge is 0.354 e. The highest BCUT2D eigenvalue weighted by Gasteiger charge is 2.29. The van der Waals surface area contributed by atoms with Gasteiger partial charge in [0, 0.05) is 13.1 Å². The summed E-state index contributed by atoms with van der Waals surface area (Å²) in [7, 11) is -3.92. The van der Waals surface area contributed by atoms with E-state index in [1.807, 2.05) is 11.8 Å². The summed E-state index contributed by atoms with van der Waals surface area (Å²) in [6, 6.07) is 6.23. The van der Waals surface area contributed by atoms with Crippen molar-refractivity contribution in [3.05, 3.63) is 46.3 Å². The van der Waals surface area contributed by atoms with Crippen molar-refractivity contribution >= 4 is 27.3 Å². The third-order valence-electron chi connectivity index (χ3n) is 4.70. The van der Waals surface area contributed by atoms with Crippen LogP contribution in [0.25, 0.3) is 0 Å². The second-order valence-electron chi connectivity index (χ2n) is 6.86. The first-order valence-electron chi connectivity index (χ1n) is 8.87. The summed E-state index contributed by atoms with van der Waals surface area (Å²) < 4.78 is 24.8. The maximum Gasteiger partial charge on any atom is 0.354 e. The summed E-state index contributed by atoms with van der Waals surface area (Å²) in [6.07, 6.45) is 3.00. The van der Waals surface area contributed by atoms with E-state index in [9.17, 15) is 18.5 Å². The van der Waals surface area contributed by atoms with Crippen LogP contribution in [0.15, 0.2) is 35.5 Å². The van der Waals surface area contributed by atoms with Crippen molar-refractivity contribution in [1.29, 1.82) is 0 Å². The summed E-state index contributed by atoms with van der Waals surface area (Å²) in [4.78, 5) is 23.0. The van der Waals surface area contributed by atoms with Gasteiger partial charge < -0.3 is 4.90 Å². The van der Waals surface area contributed by atoms with E-state index in [1.54, 1.807) is 12.1 Å². The highest BCUT2D eigenvalue weighted by molar-refractivity contribution is 7.89. The topological polar surface area (TPSA) is 130 Å². The van der Waals surface area contributed by atoms with Gasteiger partial charge in [-0.05, 0) is 37.8 Å². The van der Waals surface area contributed by atoms with E-state index < -0.39 is 14.9 Å². The zero-order valence-electron chi connectivity index (χ0n) is 15.6. The molecule has 0 unspecified atom stereocenters. The van der Waals surface area contributed by atoms with Gasteiger partial charge in [0.1, 0.15) is 6.33 Å². The average molecular weight is 406 g/mol. The molecule has 3 rings (SSSR count). The number of sulfonamides is 1. The van der Waals surface area contributed by atoms with Crippen LogP contribution in [0.5, 0.6) is 0 Å². The predicted octanol–water partition coefficient (Wildman–Crippen LogP) is 2.23. The summed E-state index contributed by atoms with van der Waals surface area (Å²) in [5, 5.41) is 11.7. The molecule has 1 fully saturated rings. The Bertz CT molecular complexity index is 956. The van der Waals surface area contributed by atoms with E-state index in [4.69, 9.17) is 0 Å². The lowest BCUT2D eigenvalue weighted by Crippen LogP contribution is -2.35. The molecule has 1 aromatic carbocycles. The van der Waals surface area contributed by atoms with Gasteiger partial charge in [0.05, 0.1) is 9.82 Å². The monoisotopic (exact) mass is 406 g/mol. The molecular weight excluding hydrogens is 384 g/mol. The number of hydrogen-bond acceptors (Lipinski definition) is 8. The van der Waals surface area contributed by atoms with Crippen LogP contribution in [0.1, 0.15) is 25.3 Å². The van der Waals surface area contributed by atoms with E-state index >= 15 is 0 Å². The standard InChI is InChI=1S/C17H22N6O4S/c1-12-3-5-14(6-4-12)28(26,27)21-20-16-15(23(24)25)17(19-11-18-16)22-9-7-13(2)8-10-22/h3-6,11,13,21H,7-10H2,1-2H3,(H,18,19,20). The summed E-state index contributed by atoms with van der Waals surface area (Å²) in [5.41, 5.74) is 2.94. The van der Waals surface area contributed by atoms with Crippen LogP contribution in [-0.4, -0.2) is 36.4 Å². The van der Waals surface area contributed by atoms with Gasteiger partial charge in [0.25, 0.3) is 10.0 Å². The Morgan fingerprint density at radius 1 is 1.18 bits per heavy atom. The van der Waals surface area contributed by atoms with E-state index in [0.29, 0.717) is 19.0 Å². The van der Waals surface area contributed by atoms with Gasteiger partial charge in [-0.15, -0.1) is 4.83 Å². The van der Waals surface area contributed by atoms with Crippen LogP contribution >= 0.6 is 0 Å². The first-order valence-corrected chi connectivity index (χ1v) is 10.3. The fourth-order valence-electron chi connectivity index (χ4n) is 2.97. The first-order chi connectivity index (χ1) is 13.3. The Morgan fingerprint density at radius 3 is 2.43 bits per heavy atom. The number of rotatable bonds is 6. The highest BCUT2D eigenvalue weighted by Crippen LogP contribution is 2.33. The fraction of sp³-hybridized carbons (Fsp3) is 0.412. The number of aromatic nitrogens is 2. The number of hydrogen-bond donors (Lipinski definition) is 2. The Labute approximate surface area is 163 Å². The van der Waals surface area contributed by atoms with Crippen molar-refractivity contribution in [2.45, 2.75) is 31.6 Å². The number of anilines is 2. The maximum absolute atomic E-state index is 12.4. The second kappa shape index (κ2) is 8.07. The zero-order valence-corrected chi connectivity index (χ0v) is 16.4. The Morgan fingerprint density at radius 2 is 1.82 bits per heavy atom. The SMILES string of the molecule is Cc1ccc(S(=O)(=O)NNc2ncnc(N3CCC(C)CC3)c2[N+](=O)[O-])cc1. The molecule has 150 valence electrons. The second-order valence-corrected chi connectivity index (χ2v) is 8.55. The molecule has 2 N–H and O–H groups in total. The third-order valence-corrected chi connectivity index (χ3v) is 5.97. The van der Waals surface area contributed by atoms with Crippen LogP contribution < -0.4 is 15.2 Å². The number of nitro groups is 1. The molecule has 1 aromatic heterocycles. The lowest BCUT2D eigenvalue weighted by molar-refractivity contribution is -0.383. The quantitative estimate of drug-likeness (QED) is 0.552. The van der Waals surface area contributed by atoms with Crippen molar-refractivity contribution in [3.63, 3.8) is 0 Å². The molecule has 0 radical (unpaired) electrons. The van der Waals surface area contributed by atoms with Gasteiger partial charge in [-0.3, -0.25) is 15.5 Å². The van der Waals surface area contributed by atoms with E-state index in [-0.39, 0.29) is 22.2 Å². The van der Waals surface area contributed by atoms with Gasteiger partial charge >= 0.3 is 5.69 Å². The van der Waals surface area contributed by atoms with Gasteiger partial charge in [0.2, 0.25) is 11.6 Å². The van der Waals surface area contributed by atoms with Crippen molar-refractivity contribution < 1.29 is 13.3 Å². The molecular formula is C17H22N6O4S. The molecule has 1 saturated heterocycles. The van der Waals surface area contributed by atoms with Crippen LogP contribution in [0.2, 0.25) is 0 Å². The summed E-state index contributed by atoms with van der Waals surface area (Å²) in [5.74, 6) is 0.532. The molecule has 0 spiro atoms. The fourth-order valence-corrected chi connectivity index (χ4v) is 3.82.